The molecule has 0 bridgehead atoms. The van der Waals surface area contributed by atoms with Crippen LogP contribution in [0, 0.1) is 25.2 Å². The second-order valence-electron chi connectivity index (χ2n) is 8.59. The van der Waals surface area contributed by atoms with Crippen LogP contribution in [0.15, 0.2) is 77.8 Å². The second kappa shape index (κ2) is 9.17. The zero-order chi connectivity index (χ0) is 22.8. The van der Waals surface area contributed by atoms with Crippen LogP contribution in [-0.4, -0.2) is 12.8 Å². The van der Waals surface area contributed by atoms with Crippen LogP contribution in [0.25, 0.3) is 0 Å². The maximum absolute atomic E-state index is 6.16. The standard InChI is InChI=1S/C29H25ClN2O/c1-3-15-33-28-14-10-22(30)17-21(28)18-31-23-11-8-20(9-12-23)29-25-6-4-5-24(25)26-16-19(2)7-13-27(26)32-29/h1,4-5,7-14,16-18,24-25,29,32H,6,15H2,2H3/t24-,25+,29-/m0/s1. The minimum atomic E-state index is 0.200. The normalized spacial score (nSPS) is 20.7. The van der Waals surface area contributed by atoms with Crippen LogP contribution in [-0.2, 0) is 0 Å². The molecule has 33 heavy (non-hydrogen) atoms. The molecular weight excluding hydrogens is 428 g/mol. The molecule has 3 atom stereocenters. The summed E-state index contributed by atoms with van der Waals surface area (Å²) in [5.41, 5.74) is 6.90. The minimum absolute atomic E-state index is 0.200. The van der Waals surface area contributed by atoms with Gasteiger partial charge in [0.2, 0.25) is 0 Å². The highest BCUT2D eigenvalue weighted by atomic mass is 35.5. The van der Waals surface area contributed by atoms with Crippen LogP contribution >= 0.6 is 11.6 Å². The highest BCUT2D eigenvalue weighted by molar-refractivity contribution is 6.30. The fraction of sp³-hybridized carbons (Fsp3) is 0.207. The van der Waals surface area contributed by atoms with Crippen molar-refractivity contribution in [2.75, 3.05) is 11.9 Å². The summed E-state index contributed by atoms with van der Waals surface area (Å²) in [5.74, 6) is 4.14. The lowest BCUT2D eigenvalue weighted by molar-refractivity contribution is 0.370. The first-order valence-electron chi connectivity index (χ1n) is 11.2. The third-order valence-electron chi connectivity index (χ3n) is 6.41. The summed E-state index contributed by atoms with van der Waals surface area (Å²) < 4.78 is 5.60. The fourth-order valence-corrected chi connectivity index (χ4v) is 5.01. The molecular formula is C29H25ClN2O. The fourth-order valence-electron chi connectivity index (χ4n) is 4.83. The first kappa shape index (κ1) is 21.4. The number of aliphatic imine (C=N–C) groups is 1. The van der Waals surface area contributed by atoms with Crippen molar-refractivity contribution in [2.45, 2.75) is 25.3 Å². The van der Waals surface area contributed by atoms with Gasteiger partial charge in [0.15, 0.2) is 0 Å². The third kappa shape index (κ3) is 4.40. The lowest BCUT2D eigenvalue weighted by Crippen LogP contribution is -2.29. The Morgan fingerprint density at radius 1 is 1.15 bits per heavy atom. The molecule has 0 unspecified atom stereocenters. The lowest BCUT2D eigenvalue weighted by Gasteiger charge is -2.37. The number of ether oxygens (including phenoxy) is 1. The van der Waals surface area contributed by atoms with Gasteiger partial charge in [-0.1, -0.05) is 59.5 Å². The smallest absolute Gasteiger partial charge is 0.148 e. The predicted molar refractivity (Wildman–Crippen MR) is 137 cm³/mol. The van der Waals surface area contributed by atoms with Gasteiger partial charge in [0.25, 0.3) is 0 Å². The van der Waals surface area contributed by atoms with Crippen molar-refractivity contribution >= 4 is 29.2 Å². The topological polar surface area (TPSA) is 33.6 Å². The van der Waals surface area contributed by atoms with Crippen LogP contribution < -0.4 is 10.1 Å². The van der Waals surface area contributed by atoms with Crippen molar-refractivity contribution in [3.8, 4) is 18.1 Å². The molecule has 2 aliphatic rings. The van der Waals surface area contributed by atoms with Crippen molar-refractivity contribution < 1.29 is 4.74 Å². The molecule has 3 nitrogen and oxygen atoms in total. The van der Waals surface area contributed by atoms with Crippen molar-refractivity contribution in [1.82, 2.24) is 0 Å². The van der Waals surface area contributed by atoms with Gasteiger partial charge in [-0.05, 0) is 66.8 Å². The number of rotatable bonds is 5. The Kier molecular flexibility index (Phi) is 5.94. The molecule has 164 valence electrons. The highest BCUT2D eigenvalue weighted by Crippen LogP contribution is 2.50. The van der Waals surface area contributed by atoms with E-state index in [0.717, 1.165) is 17.7 Å². The average Bonchev–Trinajstić information content (AvgIpc) is 3.32. The highest BCUT2D eigenvalue weighted by Gasteiger charge is 2.37. The molecule has 4 heteroatoms. The van der Waals surface area contributed by atoms with Gasteiger partial charge >= 0.3 is 0 Å². The number of allylic oxidation sites excluding steroid dienone is 2. The Balaban J connectivity index is 1.37. The van der Waals surface area contributed by atoms with E-state index >= 15 is 0 Å². The molecule has 0 aromatic heterocycles. The van der Waals surface area contributed by atoms with E-state index in [1.54, 1.807) is 12.3 Å². The van der Waals surface area contributed by atoms with Crippen LogP contribution in [0.1, 0.15) is 40.6 Å². The molecule has 0 saturated heterocycles. The number of benzene rings is 3. The molecule has 1 aliphatic heterocycles. The first-order chi connectivity index (χ1) is 16.1. The van der Waals surface area contributed by atoms with Gasteiger partial charge in [-0.3, -0.25) is 4.99 Å². The van der Waals surface area contributed by atoms with Crippen molar-refractivity contribution in [3.63, 3.8) is 0 Å². The summed E-state index contributed by atoms with van der Waals surface area (Å²) >= 11 is 6.16. The van der Waals surface area contributed by atoms with Gasteiger partial charge in [-0.25, -0.2) is 0 Å². The molecule has 0 radical (unpaired) electrons. The summed E-state index contributed by atoms with van der Waals surface area (Å²) in [7, 11) is 0. The molecule has 1 heterocycles. The average molecular weight is 453 g/mol. The van der Waals surface area contributed by atoms with Gasteiger partial charge in [-0.15, -0.1) is 6.42 Å². The number of anilines is 1. The van der Waals surface area contributed by atoms with Crippen molar-refractivity contribution in [1.29, 1.82) is 0 Å². The molecule has 0 spiro atoms. The number of nitrogens with one attached hydrogen (secondary N) is 1. The Hall–Kier alpha value is -3.48. The van der Waals surface area contributed by atoms with Crippen molar-refractivity contribution in [3.05, 3.63) is 100 Å². The minimum Gasteiger partial charge on any atom is -0.480 e. The van der Waals surface area contributed by atoms with Gasteiger partial charge in [0.1, 0.15) is 12.4 Å². The summed E-state index contributed by atoms with van der Waals surface area (Å²) in [5, 5.41) is 4.42. The van der Waals surface area contributed by atoms with E-state index in [1.807, 2.05) is 12.1 Å². The molecule has 0 amide bonds. The van der Waals surface area contributed by atoms with Crippen LogP contribution in [0.2, 0.25) is 5.02 Å². The predicted octanol–water partition coefficient (Wildman–Crippen LogP) is 7.24. The maximum Gasteiger partial charge on any atom is 0.148 e. The van der Waals surface area contributed by atoms with Crippen LogP contribution in [0.3, 0.4) is 0 Å². The molecule has 5 rings (SSSR count). The Morgan fingerprint density at radius 2 is 2.00 bits per heavy atom. The molecule has 3 aromatic carbocycles. The Bertz CT molecular complexity index is 1270. The van der Waals surface area contributed by atoms with E-state index in [1.165, 1.54) is 22.4 Å². The molecule has 0 saturated carbocycles. The van der Waals surface area contributed by atoms with Gasteiger partial charge in [0.05, 0.1) is 11.7 Å². The Labute approximate surface area is 200 Å². The number of nitrogens with zero attached hydrogens (tertiary/aromatic N) is 1. The van der Waals surface area contributed by atoms with Gasteiger partial charge in [-0.2, -0.15) is 0 Å². The summed E-state index contributed by atoms with van der Waals surface area (Å²) in [4.78, 5) is 4.64. The zero-order valence-electron chi connectivity index (χ0n) is 18.5. The SMILES string of the molecule is C#CCOc1ccc(Cl)cc1C=Nc1ccc([C@@H]2Nc3ccc(C)cc3[C@H]3C=CC[C@H]32)cc1. The van der Waals surface area contributed by atoms with Crippen LogP contribution in [0.5, 0.6) is 5.75 Å². The van der Waals surface area contributed by atoms with Gasteiger partial charge < -0.3 is 10.1 Å². The molecule has 3 aromatic rings. The second-order valence-corrected chi connectivity index (χ2v) is 9.03. The Morgan fingerprint density at radius 3 is 2.82 bits per heavy atom. The molecule has 1 N–H and O–H groups in total. The number of hydrogen-bond donors (Lipinski definition) is 1. The van der Waals surface area contributed by atoms with E-state index in [2.05, 4.69) is 77.8 Å². The largest absolute Gasteiger partial charge is 0.480 e. The summed E-state index contributed by atoms with van der Waals surface area (Å²) in [6.07, 6.45) is 12.9. The van der Waals surface area contributed by atoms with E-state index in [9.17, 15) is 0 Å². The van der Waals surface area contributed by atoms with E-state index in [4.69, 9.17) is 22.8 Å². The quantitative estimate of drug-likeness (QED) is 0.251. The zero-order valence-corrected chi connectivity index (χ0v) is 19.2. The number of aryl methyl sites for hydroxylation is 1. The molecule has 1 aliphatic carbocycles. The lowest BCUT2D eigenvalue weighted by atomic mass is 9.76. The third-order valence-corrected chi connectivity index (χ3v) is 6.64. The number of fused-ring (bicyclic) bond motifs is 3. The number of terminal acetylenes is 1. The van der Waals surface area contributed by atoms with Crippen LogP contribution in [0.4, 0.5) is 11.4 Å². The number of halogens is 1. The number of hydrogen-bond acceptors (Lipinski definition) is 3. The monoisotopic (exact) mass is 452 g/mol. The summed E-state index contributed by atoms with van der Waals surface area (Å²) in [6, 6.07) is 20.9. The van der Waals surface area contributed by atoms with E-state index < -0.39 is 0 Å². The van der Waals surface area contributed by atoms with E-state index in [0.29, 0.717) is 22.6 Å². The molecule has 0 fully saturated rings. The van der Waals surface area contributed by atoms with E-state index in [-0.39, 0.29) is 12.6 Å². The summed E-state index contributed by atoms with van der Waals surface area (Å²) in [6.45, 7) is 2.36. The maximum atomic E-state index is 6.16. The van der Waals surface area contributed by atoms with Gasteiger partial charge in [0, 0.05) is 28.4 Å². The van der Waals surface area contributed by atoms with Crippen molar-refractivity contribution in [2.24, 2.45) is 10.9 Å². The first-order valence-corrected chi connectivity index (χ1v) is 11.5.